The van der Waals surface area contributed by atoms with E-state index in [4.69, 9.17) is 21.4 Å². The van der Waals surface area contributed by atoms with Crippen molar-refractivity contribution in [1.82, 2.24) is 15.2 Å². The summed E-state index contributed by atoms with van der Waals surface area (Å²) in [6.45, 7) is 1.23. The number of allylic oxidation sites excluding steroid dienone is 1. The van der Waals surface area contributed by atoms with Crippen LogP contribution in [-0.2, 0) is 24.0 Å². The summed E-state index contributed by atoms with van der Waals surface area (Å²) in [5.74, 6) is -3.18. The minimum Gasteiger partial charge on any atom is -0.543 e. The fourth-order valence-electron chi connectivity index (χ4n) is 5.02. The van der Waals surface area contributed by atoms with Crippen molar-refractivity contribution in [3.05, 3.63) is 33.6 Å². The largest absolute Gasteiger partial charge is 0.543 e. The van der Waals surface area contributed by atoms with Gasteiger partial charge in [-0.25, -0.2) is 9.78 Å². The summed E-state index contributed by atoms with van der Waals surface area (Å²) in [6, 6.07) is -1.07. The van der Waals surface area contributed by atoms with E-state index in [1.807, 2.05) is 7.05 Å². The van der Waals surface area contributed by atoms with Gasteiger partial charge in [0.15, 0.2) is 10.8 Å². The minimum absolute atomic E-state index is 0.0285. The second-order valence-corrected chi connectivity index (χ2v) is 12.9. The molecule has 1 aromatic rings. The highest BCUT2D eigenvalue weighted by Crippen LogP contribution is 2.41. The number of oxime groups is 1. The summed E-state index contributed by atoms with van der Waals surface area (Å²) in [5, 5.41) is 28.4. The Morgan fingerprint density at radius 1 is 1.38 bits per heavy atom. The van der Waals surface area contributed by atoms with Gasteiger partial charge < -0.3 is 36.6 Å². The third-order valence-corrected chi connectivity index (χ3v) is 10.5. The smallest absolute Gasteiger partial charge is 0.347 e. The highest BCUT2D eigenvalue weighted by molar-refractivity contribution is 8.01. The van der Waals surface area contributed by atoms with Gasteiger partial charge in [0, 0.05) is 23.3 Å². The number of carbonyl (C=O) groups is 4. The van der Waals surface area contributed by atoms with Crippen molar-refractivity contribution in [3.63, 3.8) is 0 Å². The van der Waals surface area contributed by atoms with E-state index < -0.39 is 41.3 Å². The number of aliphatic carboxylic acids is 2. The van der Waals surface area contributed by atoms with Crippen LogP contribution in [0.4, 0.5) is 5.13 Å². The maximum atomic E-state index is 13.2. The zero-order chi connectivity index (χ0) is 30.3. The van der Waals surface area contributed by atoms with Gasteiger partial charge in [0.05, 0.1) is 24.3 Å². The van der Waals surface area contributed by atoms with Crippen molar-refractivity contribution < 1.29 is 39.1 Å². The third-order valence-electron chi connectivity index (χ3n) is 7.20. The molecule has 1 fully saturated rings. The van der Waals surface area contributed by atoms with Gasteiger partial charge >= 0.3 is 5.97 Å². The van der Waals surface area contributed by atoms with Crippen molar-refractivity contribution in [1.29, 1.82) is 0 Å². The van der Waals surface area contributed by atoms with Gasteiger partial charge in [-0.1, -0.05) is 16.9 Å². The molecule has 5 atom stereocenters. The number of nitrogens with zero attached hydrogens (tertiary/aromatic N) is 4. The lowest BCUT2D eigenvalue weighted by molar-refractivity contribution is -0.851. The van der Waals surface area contributed by atoms with Crippen molar-refractivity contribution in [2.24, 2.45) is 15.9 Å². The van der Waals surface area contributed by atoms with Crippen LogP contribution >= 0.6 is 34.9 Å². The summed E-state index contributed by atoms with van der Waals surface area (Å²) in [6.07, 6.45) is 1.52. The number of thioether (sulfide) groups is 2. The number of amides is 2. The van der Waals surface area contributed by atoms with E-state index in [0.29, 0.717) is 22.9 Å². The topological polar surface area (TPSA) is 230 Å². The summed E-state index contributed by atoms with van der Waals surface area (Å²) in [4.78, 5) is 65.4. The first-order chi connectivity index (χ1) is 20.0. The van der Waals surface area contributed by atoms with Gasteiger partial charge in [-0.15, -0.1) is 23.1 Å². The van der Waals surface area contributed by atoms with E-state index in [-0.39, 0.29) is 27.7 Å². The fourth-order valence-corrected chi connectivity index (χ4v) is 8.22. The lowest BCUT2D eigenvalue weighted by atomic mass is 10.0. The molecular formula is C24H28N8O7S3. The average molecular weight is 637 g/mol. The van der Waals surface area contributed by atoms with Gasteiger partial charge in [0.1, 0.15) is 28.6 Å². The molecule has 0 spiro atoms. The Bertz CT molecular complexity index is 1470. The number of hydrogen-bond donors (Lipinski definition) is 5. The molecule has 42 heavy (non-hydrogen) atoms. The molecule has 1 saturated heterocycles. The molecule has 3 aliphatic heterocycles. The number of nitrogen functional groups attached to an aromatic ring is 1. The molecule has 4 aliphatic rings. The van der Waals surface area contributed by atoms with Crippen LogP contribution in [0.5, 0.6) is 0 Å². The SMILES string of the molecule is C[C@@H](O/N=C(\C(=O)NC1C(=O)N2C(C(=O)[O-])=C(CSC3N=C(N)C4=C(CCC4)[NH+]3C)CS[C@H]12)c1csc(N)n1)C(=O)O. The second-order valence-electron chi connectivity index (χ2n) is 9.87. The predicted octanol–water partition coefficient (Wildman–Crippen LogP) is -2.34. The van der Waals surface area contributed by atoms with Crippen LogP contribution < -0.4 is 26.8 Å². The quantitative estimate of drug-likeness (QED) is 0.103. The number of carbonyl (C=O) groups excluding carboxylic acids is 3. The normalized spacial score (nSPS) is 26.2. The van der Waals surface area contributed by atoms with Crippen LogP contribution in [0.15, 0.2) is 38.1 Å². The number of aromatic nitrogens is 1. The molecule has 1 aromatic heterocycles. The standard InChI is InChI=1S/C24H28N8O7S3/c1-9(21(35)36)39-30-14(12-8-41-23(26)27-12)18(33)28-15-19(34)32-16(22(37)38)10(6-40-20(15)32)7-42-24-29-17(25)11-4-3-5-13(11)31(24)2/h8-9,15,20,24H,3-7H2,1-2H3,(H2,25,29)(H2,26,27)(H,28,33)(H,35,36)(H,37,38)/b30-14-/t9-,15?,20-,24?/m1/s1. The Balaban J connectivity index is 1.29. The van der Waals surface area contributed by atoms with E-state index in [0.717, 1.165) is 46.0 Å². The Hall–Kier alpha value is -3.61. The monoisotopic (exact) mass is 636 g/mol. The Kier molecular flexibility index (Phi) is 8.49. The number of fused-ring (bicyclic) bond motifs is 1. The maximum Gasteiger partial charge on any atom is 0.347 e. The van der Waals surface area contributed by atoms with Crippen LogP contribution in [0.2, 0.25) is 0 Å². The molecule has 0 saturated carbocycles. The highest BCUT2D eigenvalue weighted by Gasteiger charge is 2.53. The van der Waals surface area contributed by atoms with E-state index in [1.165, 1.54) is 41.5 Å². The van der Waals surface area contributed by atoms with E-state index >= 15 is 0 Å². The van der Waals surface area contributed by atoms with E-state index in [1.54, 1.807) is 0 Å². The number of rotatable bonds is 10. The molecule has 18 heteroatoms. The molecule has 7 N–H and O–H groups in total. The van der Waals surface area contributed by atoms with Gasteiger partial charge in [0.25, 0.3) is 11.8 Å². The Labute approximate surface area is 252 Å². The van der Waals surface area contributed by atoms with Crippen molar-refractivity contribution in [2.75, 3.05) is 24.3 Å². The lowest BCUT2D eigenvalue weighted by Gasteiger charge is -2.50. The summed E-state index contributed by atoms with van der Waals surface area (Å²) < 4.78 is 0. The number of nitrogens with two attached hydrogens (primary N) is 2. The number of aliphatic imine (C=N–C) groups is 1. The van der Waals surface area contributed by atoms with Crippen LogP contribution in [0.1, 0.15) is 31.9 Å². The number of carboxylic acids is 2. The summed E-state index contributed by atoms with van der Waals surface area (Å²) in [7, 11) is 2.02. The zero-order valence-corrected chi connectivity index (χ0v) is 24.9. The predicted molar refractivity (Wildman–Crippen MR) is 154 cm³/mol. The number of β-lactam (4-membered cyclic amide) rings is 1. The first kappa shape index (κ1) is 29.9. The van der Waals surface area contributed by atoms with Crippen LogP contribution in [0.25, 0.3) is 0 Å². The van der Waals surface area contributed by atoms with Crippen LogP contribution in [-0.4, -0.2) is 91.9 Å². The Morgan fingerprint density at radius 3 is 2.81 bits per heavy atom. The molecule has 1 aliphatic carbocycles. The van der Waals surface area contributed by atoms with Gasteiger partial charge in [-0.2, -0.15) is 4.99 Å². The van der Waals surface area contributed by atoms with E-state index in [9.17, 15) is 24.3 Å². The van der Waals surface area contributed by atoms with Crippen molar-refractivity contribution >= 4 is 75.3 Å². The van der Waals surface area contributed by atoms with Gasteiger partial charge in [-0.05, 0) is 25.3 Å². The lowest BCUT2D eigenvalue weighted by Crippen LogP contribution is -3.11. The molecule has 3 unspecified atom stereocenters. The number of anilines is 1. The number of amidine groups is 1. The molecular weight excluding hydrogens is 609 g/mol. The minimum atomic E-state index is -1.49. The number of carboxylic acid groups (broad SMARTS) is 2. The fraction of sp³-hybridized carbons (Fsp3) is 0.458. The van der Waals surface area contributed by atoms with Crippen LogP contribution in [0.3, 0.4) is 0 Å². The van der Waals surface area contributed by atoms with Crippen molar-refractivity contribution in [2.45, 2.75) is 49.2 Å². The number of quaternary nitrogens is 1. The van der Waals surface area contributed by atoms with Gasteiger partial charge in [0.2, 0.25) is 11.6 Å². The number of nitrogens with one attached hydrogen (secondary N) is 2. The highest BCUT2D eigenvalue weighted by atomic mass is 32.2. The molecule has 0 bridgehead atoms. The first-order valence-electron chi connectivity index (χ1n) is 12.9. The van der Waals surface area contributed by atoms with Crippen LogP contribution in [0, 0.1) is 0 Å². The summed E-state index contributed by atoms with van der Waals surface area (Å²) in [5.41, 5.74) is 13.9. The van der Waals surface area contributed by atoms with E-state index in [2.05, 4.69) is 20.4 Å². The molecule has 224 valence electrons. The maximum absolute atomic E-state index is 13.2. The molecule has 0 radical (unpaired) electrons. The number of thiazole rings is 1. The molecule has 5 rings (SSSR count). The third kappa shape index (κ3) is 5.58. The Morgan fingerprint density at radius 2 is 2.14 bits per heavy atom. The molecule has 4 heterocycles. The van der Waals surface area contributed by atoms with Crippen molar-refractivity contribution in [3.8, 4) is 0 Å². The molecule has 15 nitrogen and oxygen atoms in total. The molecule has 2 amide bonds. The van der Waals surface area contributed by atoms with Gasteiger partial charge in [-0.3, -0.25) is 19.4 Å². The number of hydrogen-bond acceptors (Lipinski definition) is 14. The zero-order valence-electron chi connectivity index (χ0n) is 22.5. The summed E-state index contributed by atoms with van der Waals surface area (Å²) >= 11 is 3.77. The first-order valence-corrected chi connectivity index (χ1v) is 15.8. The molecule has 0 aromatic carbocycles. The average Bonchev–Trinajstić information content (AvgIpc) is 3.62. The second kappa shape index (κ2) is 11.9.